The van der Waals surface area contributed by atoms with E-state index < -0.39 is 0 Å². The number of likely N-dealkylation sites (tertiary alicyclic amines) is 2. The number of hydrogen-bond donors (Lipinski definition) is 0. The van der Waals surface area contributed by atoms with Gasteiger partial charge in [-0.15, -0.1) is 0 Å². The van der Waals surface area contributed by atoms with Gasteiger partial charge < -0.3 is 14.6 Å². The predicted octanol–water partition coefficient (Wildman–Crippen LogP) is 5.39. The highest BCUT2D eigenvalue weighted by Crippen LogP contribution is 2.40. The van der Waals surface area contributed by atoms with Crippen molar-refractivity contribution in [2.45, 2.75) is 38.0 Å². The molecule has 2 aromatic carbocycles. The number of halogens is 2. The van der Waals surface area contributed by atoms with Gasteiger partial charge in [-0.2, -0.15) is 0 Å². The fourth-order valence-corrected chi connectivity index (χ4v) is 5.83. The molecule has 0 saturated carbocycles. The van der Waals surface area contributed by atoms with E-state index in [9.17, 15) is 9.59 Å². The van der Waals surface area contributed by atoms with Crippen LogP contribution in [0.15, 0.2) is 42.5 Å². The molecular formula is C26H30Cl2N2O2. The van der Waals surface area contributed by atoms with E-state index in [1.807, 2.05) is 4.90 Å². The van der Waals surface area contributed by atoms with Crippen molar-refractivity contribution < 1.29 is 9.59 Å². The number of nitrogens with zero attached hydrogens (tertiary/aromatic N) is 2. The molecule has 1 atom stereocenters. The van der Waals surface area contributed by atoms with Crippen molar-refractivity contribution in [1.29, 1.82) is 0 Å². The summed E-state index contributed by atoms with van der Waals surface area (Å²) in [6.45, 7) is 6.58. The maximum absolute atomic E-state index is 12.9. The molecule has 4 rings (SSSR count). The molecule has 170 valence electrons. The van der Waals surface area contributed by atoms with Crippen LogP contribution in [0.2, 0.25) is 10.0 Å². The van der Waals surface area contributed by atoms with Gasteiger partial charge in [0.15, 0.2) is 0 Å². The van der Waals surface area contributed by atoms with Crippen LogP contribution in [0.4, 0.5) is 0 Å². The lowest BCUT2D eigenvalue weighted by atomic mass is 9.69. The Morgan fingerprint density at radius 2 is 1.84 bits per heavy atom. The lowest BCUT2D eigenvalue weighted by Crippen LogP contribution is -2.45. The molecule has 0 bridgehead atoms. The lowest BCUT2D eigenvalue weighted by molar-refractivity contribution is -0.109. The average molecular weight is 473 g/mol. The number of carbonyl (C=O) groups excluding carboxylic acids is 2. The van der Waals surface area contributed by atoms with E-state index in [1.54, 1.807) is 18.2 Å². The second kappa shape index (κ2) is 9.94. The van der Waals surface area contributed by atoms with Crippen LogP contribution in [0, 0.1) is 12.8 Å². The lowest BCUT2D eigenvalue weighted by Gasteiger charge is -2.42. The van der Waals surface area contributed by atoms with Crippen molar-refractivity contribution >= 4 is 35.4 Å². The average Bonchev–Trinajstić information content (AvgIpc) is 3.26. The van der Waals surface area contributed by atoms with Crippen LogP contribution in [0.25, 0.3) is 0 Å². The van der Waals surface area contributed by atoms with E-state index >= 15 is 0 Å². The molecule has 2 saturated heterocycles. The first-order valence-electron chi connectivity index (χ1n) is 11.4. The molecule has 0 aliphatic carbocycles. The van der Waals surface area contributed by atoms with Crippen LogP contribution in [-0.2, 0) is 10.2 Å². The minimum absolute atomic E-state index is 0.0387. The Morgan fingerprint density at radius 1 is 1.09 bits per heavy atom. The van der Waals surface area contributed by atoms with Gasteiger partial charge in [-0.25, -0.2) is 0 Å². The van der Waals surface area contributed by atoms with Crippen LogP contribution in [0.1, 0.15) is 47.2 Å². The summed E-state index contributed by atoms with van der Waals surface area (Å²) in [5.41, 5.74) is 3.02. The number of piperidine rings is 1. The third kappa shape index (κ3) is 4.73. The molecule has 1 amide bonds. The summed E-state index contributed by atoms with van der Waals surface area (Å²) in [7, 11) is 0. The summed E-state index contributed by atoms with van der Waals surface area (Å²) in [6.07, 6.45) is 4.65. The van der Waals surface area contributed by atoms with Gasteiger partial charge in [-0.1, -0.05) is 53.5 Å². The van der Waals surface area contributed by atoms with Gasteiger partial charge in [0.05, 0.1) is 15.6 Å². The summed E-state index contributed by atoms with van der Waals surface area (Å²) in [4.78, 5) is 28.9. The van der Waals surface area contributed by atoms with Gasteiger partial charge in [-0.3, -0.25) is 4.79 Å². The Bertz CT molecular complexity index is 986. The largest absolute Gasteiger partial charge is 0.338 e. The number of benzene rings is 2. The van der Waals surface area contributed by atoms with E-state index in [2.05, 4.69) is 36.1 Å². The number of carbonyl (C=O) groups is 2. The number of rotatable bonds is 6. The monoisotopic (exact) mass is 472 g/mol. The molecule has 4 nitrogen and oxygen atoms in total. The van der Waals surface area contributed by atoms with Gasteiger partial charge in [0.25, 0.3) is 5.91 Å². The first kappa shape index (κ1) is 23.3. The predicted molar refractivity (Wildman–Crippen MR) is 130 cm³/mol. The Balaban J connectivity index is 1.36. The Kier molecular flexibility index (Phi) is 7.24. The van der Waals surface area contributed by atoms with Crippen molar-refractivity contribution in [2.24, 2.45) is 5.92 Å². The third-order valence-electron chi connectivity index (χ3n) is 7.28. The van der Waals surface area contributed by atoms with Gasteiger partial charge >= 0.3 is 0 Å². The molecule has 2 heterocycles. The Hall–Kier alpha value is -1.88. The first-order valence-corrected chi connectivity index (χ1v) is 12.1. The Morgan fingerprint density at radius 3 is 2.56 bits per heavy atom. The van der Waals surface area contributed by atoms with Crippen molar-refractivity contribution in [2.75, 3.05) is 32.7 Å². The SMILES string of the molecule is Cc1ccccc1C1(CC=O)CCN(CC2CCN(C(=O)c3cccc(Cl)c3Cl)C2)CC1. The minimum Gasteiger partial charge on any atom is -0.338 e. The van der Waals surface area contributed by atoms with Gasteiger partial charge in [0.2, 0.25) is 0 Å². The third-order valence-corrected chi connectivity index (χ3v) is 8.09. The second-order valence-corrected chi connectivity index (χ2v) is 10.1. The maximum Gasteiger partial charge on any atom is 0.255 e. The van der Waals surface area contributed by atoms with Crippen LogP contribution >= 0.6 is 23.2 Å². The zero-order valence-electron chi connectivity index (χ0n) is 18.5. The van der Waals surface area contributed by atoms with E-state index in [-0.39, 0.29) is 11.3 Å². The maximum atomic E-state index is 12.9. The number of aldehydes is 1. The quantitative estimate of drug-likeness (QED) is 0.529. The molecule has 0 spiro atoms. The van der Waals surface area contributed by atoms with Crippen molar-refractivity contribution in [3.05, 3.63) is 69.2 Å². The molecule has 2 aromatic rings. The summed E-state index contributed by atoms with van der Waals surface area (Å²) in [6, 6.07) is 13.7. The van der Waals surface area contributed by atoms with Crippen LogP contribution in [0.3, 0.4) is 0 Å². The molecule has 0 radical (unpaired) electrons. The second-order valence-electron chi connectivity index (χ2n) is 9.27. The van der Waals surface area contributed by atoms with Gasteiger partial charge in [0, 0.05) is 31.5 Å². The standard InChI is InChI=1S/C26H30Cl2N2O2/c1-19-5-2-3-7-22(19)26(12-16-31)10-14-29(15-11-26)17-20-9-13-30(18-20)25(32)21-6-4-8-23(27)24(21)28/h2-8,16,20H,9-15,17-18H2,1H3. The molecule has 1 unspecified atom stereocenters. The minimum atomic E-state index is -0.0510. The molecule has 0 N–H and O–H groups in total. The van der Waals surface area contributed by atoms with E-state index in [1.165, 1.54) is 11.1 Å². The highest BCUT2D eigenvalue weighted by Gasteiger charge is 2.38. The molecular weight excluding hydrogens is 443 g/mol. The van der Waals surface area contributed by atoms with Gasteiger partial charge in [-0.05, 0) is 68.5 Å². The Labute approximate surface area is 200 Å². The number of amides is 1. The highest BCUT2D eigenvalue weighted by atomic mass is 35.5. The van der Waals surface area contributed by atoms with Crippen LogP contribution < -0.4 is 0 Å². The van der Waals surface area contributed by atoms with Crippen LogP contribution in [0.5, 0.6) is 0 Å². The summed E-state index contributed by atoms with van der Waals surface area (Å²) in [5.74, 6) is 0.414. The van der Waals surface area contributed by atoms with Crippen molar-refractivity contribution in [3.8, 4) is 0 Å². The fourth-order valence-electron chi connectivity index (χ4n) is 5.45. The zero-order valence-corrected chi connectivity index (χ0v) is 20.0. The zero-order chi connectivity index (χ0) is 22.7. The normalized spacial score (nSPS) is 21.0. The van der Waals surface area contributed by atoms with Crippen LogP contribution in [-0.4, -0.2) is 54.7 Å². The topological polar surface area (TPSA) is 40.6 Å². The molecule has 0 aromatic heterocycles. The summed E-state index contributed by atoms with van der Waals surface area (Å²) >= 11 is 12.4. The molecule has 2 aliphatic heterocycles. The van der Waals surface area contributed by atoms with E-state index in [0.717, 1.165) is 58.3 Å². The highest BCUT2D eigenvalue weighted by molar-refractivity contribution is 6.43. The molecule has 6 heteroatoms. The van der Waals surface area contributed by atoms with Crippen molar-refractivity contribution in [3.63, 3.8) is 0 Å². The molecule has 2 fully saturated rings. The smallest absolute Gasteiger partial charge is 0.255 e. The summed E-state index contributed by atoms with van der Waals surface area (Å²) < 4.78 is 0. The van der Waals surface area contributed by atoms with Crippen molar-refractivity contribution in [1.82, 2.24) is 9.80 Å². The molecule has 2 aliphatic rings. The number of aryl methyl sites for hydroxylation is 1. The number of hydrogen-bond acceptors (Lipinski definition) is 3. The van der Waals surface area contributed by atoms with E-state index in [4.69, 9.17) is 23.2 Å². The van der Waals surface area contributed by atoms with E-state index in [0.29, 0.717) is 27.9 Å². The molecule has 32 heavy (non-hydrogen) atoms. The summed E-state index contributed by atoms with van der Waals surface area (Å²) in [5, 5.41) is 0.746. The first-order chi connectivity index (χ1) is 15.4. The van der Waals surface area contributed by atoms with Gasteiger partial charge in [0.1, 0.15) is 6.29 Å². The fraction of sp³-hybridized carbons (Fsp3) is 0.462.